The second-order valence-corrected chi connectivity index (χ2v) is 5.50. The smallest absolute Gasteiger partial charge is 0.252 e. The number of aromatic nitrogens is 2. The lowest BCUT2D eigenvalue weighted by Crippen LogP contribution is -2.12. The molecule has 2 N–H and O–H groups in total. The number of rotatable bonds is 7. The first kappa shape index (κ1) is 18.3. The van der Waals surface area contributed by atoms with E-state index in [0.717, 1.165) is 5.56 Å². The van der Waals surface area contributed by atoms with Crippen LogP contribution in [0, 0.1) is 0 Å². The Morgan fingerprint density at radius 3 is 2.28 bits per heavy atom. The SMILES string of the molecule is COc1cc(/C=N\Nc2nc(C(C)C)cc(=O)[nH]2)cc(OC)c1OC. The van der Waals surface area contributed by atoms with E-state index in [4.69, 9.17) is 14.2 Å². The quantitative estimate of drug-likeness (QED) is 0.590. The first-order chi connectivity index (χ1) is 12.0. The van der Waals surface area contributed by atoms with E-state index in [-0.39, 0.29) is 17.4 Å². The van der Waals surface area contributed by atoms with Crippen LogP contribution < -0.4 is 25.2 Å². The third kappa shape index (κ3) is 4.50. The molecule has 0 radical (unpaired) electrons. The highest BCUT2D eigenvalue weighted by atomic mass is 16.5. The predicted molar refractivity (Wildman–Crippen MR) is 96.3 cm³/mol. The van der Waals surface area contributed by atoms with E-state index in [1.54, 1.807) is 39.7 Å². The molecule has 8 heteroatoms. The zero-order valence-corrected chi connectivity index (χ0v) is 14.9. The first-order valence-corrected chi connectivity index (χ1v) is 7.68. The number of H-pyrrole nitrogens is 1. The number of hydrazone groups is 1. The van der Waals surface area contributed by atoms with Gasteiger partial charge < -0.3 is 14.2 Å². The number of anilines is 1. The van der Waals surface area contributed by atoms with Crippen LogP contribution in [-0.4, -0.2) is 37.5 Å². The van der Waals surface area contributed by atoms with Gasteiger partial charge in [-0.05, 0) is 18.1 Å². The van der Waals surface area contributed by atoms with Crippen molar-refractivity contribution in [3.63, 3.8) is 0 Å². The summed E-state index contributed by atoms with van der Waals surface area (Å²) >= 11 is 0. The summed E-state index contributed by atoms with van der Waals surface area (Å²) in [5, 5.41) is 4.10. The van der Waals surface area contributed by atoms with Crippen LogP contribution in [-0.2, 0) is 0 Å². The molecular weight excluding hydrogens is 324 g/mol. The molecule has 0 saturated carbocycles. The Balaban J connectivity index is 2.24. The average Bonchev–Trinajstić information content (AvgIpc) is 2.60. The average molecular weight is 346 g/mol. The van der Waals surface area contributed by atoms with E-state index >= 15 is 0 Å². The number of benzene rings is 1. The molecule has 0 unspecified atom stereocenters. The Labute approximate surface area is 145 Å². The Bertz CT molecular complexity index is 790. The topological polar surface area (TPSA) is 97.8 Å². The molecule has 2 rings (SSSR count). The molecule has 1 aromatic carbocycles. The zero-order chi connectivity index (χ0) is 18.4. The molecule has 2 aromatic rings. The molecule has 0 saturated heterocycles. The molecule has 8 nitrogen and oxygen atoms in total. The van der Waals surface area contributed by atoms with Crippen LogP contribution in [0.2, 0.25) is 0 Å². The number of hydrogen-bond donors (Lipinski definition) is 2. The first-order valence-electron chi connectivity index (χ1n) is 7.68. The van der Waals surface area contributed by atoms with Crippen LogP contribution in [0.5, 0.6) is 17.2 Å². The largest absolute Gasteiger partial charge is 0.493 e. The maximum absolute atomic E-state index is 11.7. The summed E-state index contributed by atoms with van der Waals surface area (Å²) in [5.74, 6) is 1.97. The van der Waals surface area contributed by atoms with Gasteiger partial charge in [-0.15, -0.1) is 0 Å². The van der Waals surface area contributed by atoms with Crippen molar-refractivity contribution >= 4 is 12.2 Å². The van der Waals surface area contributed by atoms with Crippen LogP contribution in [0.4, 0.5) is 5.95 Å². The Morgan fingerprint density at radius 2 is 1.76 bits per heavy atom. The maximum atomic E-state index is 11.7. The normalized spacial score (nSPS) is 11.0. The van der Waals surface area contributed by atoms with E-state index in [0.29, 0.717) is 22.9 Å². The van der Waals surface area contributed by atoms with Crippen molar-refractivity contribution in [3.05, 3.63) is 39.8 Å². The van der Waals surface area contributed by atoms with Crippen LogP contribution in [0.25, 0.3) is 0 Å². The summed E-state index contributed by atoms with van der Waals surface area (Å²) in [6.45, 7) is 3.93. The third-order valence-electron chi connectivity index (χ3n) is 3.42. The molecule has 0 atom stereocenters. The van der Waals surface area contributed by atoms with Crippen molar-refractivity contribution in [1.82, 2.24) is 9.97 Å². The summed E-state index contributed by atoms with van der Waals surface area (Å²) in [6, 6.07) is 4.99. The highest BCUT2D eigenvalue weighted by Crippen LogP contribution is 2.37. The number of nitrogens with zero attached hydrogens (tertiary/aromatic N) is 2. The fourth-order valence-electron chi connectivity index (χ4n) is 2.17. The number of nitrogens with one attached hydrogen (secondary N) is 2. The minimum absolute atomic E-state index is 0.141. The van der Waals surface area contributed by atoms with Gasteiger partial charge in [-0.2, -0.15) is 5.10 Å². The van der Waals surface area contributed by atoms with Gasteiger partial charge in [0.2, 0.25) is 11.7 Å². The van der Waals surface area contributed by atoms with E-state index in [2.05, 4.69) is 20.5 Å². The number of aromatic amines is 1. The van der Waals surface area contributed by atoms with Crippen LogP contribution in [0.15, 0.2) is 28.1 Å². The molecule has 0 aliphatic heterocycles. The van der Waals surface area contributed by atoms with E-state index in [1.807, 2.05) is 13.8 Å². The molecule has 0 fully saturated rings. The van der Waals surface area contributed by atoms with Gasteiger partial charge in [0, 0.05) is 11.6 Å². The van der Waals surface area contributed by atoms with Gasteiger partial charge in [-0.25, -0.2) is 10.4 Å². The highest BCUT2D eigenvalue weighted by Gasteiger charge is 2.12. The maximum Gasteiger partial charge on any atom is 0.252 e. The predicted octanol–water partition coefficient (Wildman–Crippen LogP) is 2.37. The Morgan fingerprint density at radius 1 is 1.12 bits per heavy atom. The third-order valence-corrected chi connectivity index (χ3v) is 3.42. The van der Waals surface area contributed by atoms with Gasteiger partial charge in [-0.1, -0.05) is 13.8 Å². The summed E-state index contributed by atoms with van der Waals surface area (Å²) in [7, 11) is 4.63. The second-order valence-electron chi connectivity index (χ2n) is 5.50. The summed E-state index contributed by atoms with van der Waals surface area (Å²) < 4.78 is 15.9. The van der Waals surface area contributed by atoms with Crippen molar-refractivity contribution < 1.29 is 14.2 Å². The van der Waals surface area contributed by atoms with Crippen LogP contribution >= 0.6 is 0 Å². The molecular formula is C17H22N4O4. The monoisotopic (exact) mass is 346 g/mol. The molecule has 0 bridgehead atoms. The molecule has 0 amide bonds. The van der Waals surface area contributed by atoms with E-state index in [1.165, 1.54) is 6.07 Å². The minimum atomic E-state index is -0.232. The van der Waals surface area contributed by atoms with Gasteiger partial charge in [0.25, 0.3) is 5.56 Å². The minimum Gasteiger partial charge on any atom is -0.493 e. The lowest BCUT2D eigenvalue weighted by Gasteiger charge is -2.12. The fraction of sp³-hybridized carbons (Fsp3) is 0.353. The molecule has 1 heterocycles. The van der Waals surface area contributed by atoms with Crippen molar-refractivity contribution in [2.45, 2.75) is 19.8 Å². The van der Waals surface area contributed by atoms with Gasteiger partial charge in [0.15, 0.2) is 11.5 Å². The van der Waals surface area contributed by atoms with E-state index < -0.39 is 0 Å². The molecule has 25 heavy (non-hydrogen) atoms. The van der Waals surface area contributed by atoms with Crippen molar-refractivity contribution in [3.8, 4) is 17.2 Å². The summed E-state index contributed by atoms with van der Waals surface area (Å²) in [4.78, 5) is 18.6. The van der Waals surface area contributed by atoms with Crippen LogP contribution in [0.3, 0.4) is 0 Å². The molecule has 134 valence electrons. The second kappa shape index (κ2) is 8.18. The number of ether oxygens (including phenoxy) is 3. The molecule has 0 spiro atoms. The summed E-state index contributed by atoms with van der Waals surface area (Å²) in [5.41, 5.74) is 3.91. The zero-order valence-electron chi connectivity index (χ0n) is 14.9. The van der Waals surface area contributed by atoms with Gasteiger partial charge in [-0.3, -0.25) is 9.78 Å². The molecule has 0 aliphatic rings. The van der Waals surface area contributed by atoms with Crippen molar-refractivity contribution in [2.24, 2.45) is 5.10 Å². The standard InChI is InChI=1S/C17H22N4O4/c1-10(2)12-8-15(22)20-17(19-12)21-18-9-11-6-13(23-3)16(25-5)14(7-11)24-4/h6-10H,1-5H3,(H2,19,20,21,22)/b18-9-. The van der Waals surface area contributed by atoms with Crippen molar-refractivity contribution in [1.29, 1.82) is 0 Å². The van der Waals surface area contributed by atoms with Crippen molar-refractivity contribution in [2.75, 3.05) is 26.8 Å². The highest BCUT2D eigenvalue weighted by molar-refractivity contribution is 5.82. The van der Waals surface area contributed by atoms with Gasteiger partial charge in [0.1, 0.15) is 0 Å². The van der Waals surface area contributed by atoms with Crippen LogP contribution in [0.1, 0.15) is 31.0 Å². The lowest BCUT2D eigenvalue weighted by molar-refractivity contribution is 0.324. The molecule has 1 aromatic heterocycles. The van der Waals surface area contributed by atoms with Gasteiger partial charge >= 0.3 is 0 Å². The summed E-state index contributed by atoms with van der Waals surface area (Å²) in [6.07, 6.45) is 1.56. The number of hydrogen-bond acceptors (Lipinski definition) is 7. The van der Waals surface area contributed by atoms with E-state index in [9.17, 15) is 4.79 Å². The lowest BCUT2D eigenvalue weighted by atomic mass is 10.1. The number of methoxy groups -OCH3 is 3. The fourth-order valence-corrected chi connectivity index (χ4v) is 2.17. The Kier molecular flexibility index (Phi) is 5.99. The Hall–Kier alpha value is -3.03. The van der Waals surface area contributed by atoms with Gasteiger partial charge in [0.05, 0.1) is 33.2 Å². The molecule has 0 aliphatic carbocycles.